The van der Waals surface area contributed by atoms with E-state index in [2.05, 4.69) is 17.5 Å². The Kier molecular flexibility index (Phi) is 5.02. The number of aryl methyl sites for hydroxylation is 1. The van der Waals surface area contributed by atoms with Crippen molar-refractivity contribution >= 4 is 23.5 Å². The van der Waals surface area contributed by atoms with Crippen LogP contribution in [0.5, 0.6) is 5.75 Å². The minimum atomic E-state index is 0.589. The molecule has 0 saturated carbocycles. The van der Waals surface area contributed by atoms with Crippen LogP contribution in [0.1, 0.15) is 18.1 Å². The number of anilines is 1. The van der Waals surface area contributed by atoms with Crippen molar-refractivity contribution in [1.82, 2.24) is 0 Å². The van der Waals surface area contributed by atoms with Crippen LogP contribution < -0.4 is 10.2 Å². The highest BCUT2D eigenvalue weighted by atomic mass is 35.5. The number of benzene rings is 2. The lowest BCUT2D eigenvalue weighted by atomic mass is 10.2. The van der Waals surface area contributed by atoms with E-state index >= 15 is 0 Å². The first kappa shape index (κ1) is 14.4. The van der Waals surface area contributed by atoms with E-state index in [4.69, 9.17) is 16.3 Å². The fraction of sp³-hybridized carbons (Fsp3) is 0.188. The lowest BCUT2D eigenvalue weighted by molar-refractivity contribution is 0.340. The van der Waals surface area contributed by atoms with Gasteiger partial charge in [0.05, 0.1) is 23.5 Å². The molecule has 4 heteroatoms. The van der Waals surface area contributed by atoms with Gasteiger partial charge >= 0.3 is 0 Å². The average molecular weight is 289 g/mol. The normalized spacial score (nSPS) is 10.8. The molecule has 0 atom stereocenters. The molecular weight excluding hydrogens is 272 g/mol. The van der Waals surface area contributed by atoms with Crippen molar-refractivity contribution in [3.8, 4) is 5.75 Å². The molecule has 0 radical (unpaired) electrons. The molecule has 2 aromatic rings. The zero-order valence-electron chi connectivity index (χ0n) is 11.6. The topological polar surface area (TPSA) is 33.6 Å². The van der Waals surface area contributed by atoms with Crippen LogP contribution in [-0.2, 0) is 0 Å². The van der Waals surface area contributed by atoms with Gasteiger partial charge in [-0.3, -0.25) is 5.43 Å². The molecule has 3 nitrogen and oxygen atoms in total. The van der Waals surface area contributed by atoms with Crippen LogP contribution in [0.3, 0.4) is 0 Å². The molecule has 0 heterocycles. The summed E-state index contributed by atoms with van der Waals surface area (Å²) in [6.45, 7) is 4.58. The van der Waals surface area contributed by atoms with Gasteiger partial charge in [0.1, 0.15) is 5.75 Å². The van der Waals surface area contributed by atoms with Crippen LogP contribution in [-0.4, -0.2) is 12.8 Å². The number of hydrazone groups is 1. The standard InChI is InChI=1S/C16H17ClN2O/c1-3-20-16-9-6-13(10-15(16)17)11-18-19-14-7-4-12(2)5-8-14/h4-11,19H,3H2,1-2H3/b18-11+. The van der Waals surface area contributed by atoms with Gasteiger partial charge < -0.3 is 4.74 Å². The molecule has 104 valence electrons. The number of nitrogens with zero attached hydrogens (tertiary/aromatic N) is 1. The summed E-state index contributed by atoms with van der Waals surface area (Å²) >= 11 is 6.11. The van der Waals surface area contributed by atoms with E-state index in [1.165, 1.54) is 5.56 Å². The summed E-state index contributed by atoms with van der Waals surface area (Å²) in [5, 5.41) is 4.77. The Bertz CT molecular complexity index is 594. The van der Waals surface area contributed by atoms with Gasteiger partial charge in [0, 0.05) is 0 Å². The second kappa shape index (κ2) is 6.96. The summed E-state index contributed by atoms with van der Waals surface area (Å²) in [5.41, 5.74) is 6.06. The van der Waals surface area contributed by atoms with Gasteiger partial charge in [-0.1, -0.05) is 29.3 Å². The summed E-state index contributed by atoms with van der Waals surface area (Å²) < 4.78 is 5.38. The Hall–Kier alpha value is -2.00. The van der Waals surface area contributed by atoms with Gasteiger partial charge in [0.25, 0.3) is 0 Å². The third kappa shape index (κ3) is 4.00. The van der Waals surface area contributed by atoms with Gasteiger partial charge in [-0.25, -0.2) is 0 Å². The monoisotopic (exact) mass is 288 g/mol. The predicted molar refractivity (Wildman–Crippen MR) is 85.0 cm³/mol. The van der Waals surface area contributed by atoms with Gasteiger partial charge in [0.2, 0.25) is 0 Å². The maximum Gasteiger partial charge on any atom is 0.137 e. The zero-order valence-corrected chi connectivity index (χ0v) is 12.3. The Morgan fingerprint density at radius 2 is 1.95 bits per heavy atom. The summed E-state index contributed by atoms with van der Waals surface area (Å²) in [4.78, 5) is 0. The Morgan fingerprint density at radius 3 is 2.60 bits per heavy atom. The molecule has 0 saturated heterocycles. The van der Waals surface area contributed by atoms with Crippen LogP contribution in [0.15, 0.2) is 47.6 Å². The lowest BCUT2D eigenvalue weighted by Crippen LogP contribution is -1.94. The highest BCUT2D eigenvalue weighted by Crippen LogP contribution is 2.24. The molecule has 0 spiro atoms. The SMILES string of the molecule is CCOc1ccc(/C=N/Nc2ccc(C)cc2)cc1Cl. The van der Waals surface area contributed by atoms with Crippen molar-refractivity contribution in [3.05, 3.63) is 58.6 Å². The molecule has 0 aromatic heterocycles. The van der Waals surface area contributed by atoms with Crippen molar-refractivity contribution in [2.75, 3.05) is 12.0 Å². The Balaban J connectivity index is 2.00. The third-order valence-corrected chi connectivity index (χ3v) is 3.01. The van der Waals surface area contributed by atoms with E-state index in [-0.39, 0.29) is 0 Å². The molecule has 0 aliphatic rings. The number of rotatable bonds is 5. The summed E-state index contributed by atoms with van der Waals surface area (Å²) in [5.74, 6) is 0.692. The van der Waals surface area contributed by atoms with Crippen molar-refractivity contribution in [3.63, 3.8) is 0 Å². The van der Waals surface area contributed by atoms with Crippen LogP contribution in [0.4, 0.5) is 5.69 Å². The molecule has 1 N–H and O–H groups in total. The van der Waals surface area contributed by atoms with Gasteiger partial charge in [0.15, 0.2) is 0 Å². The van der Waals surface area contributed by atoms with Gasteiger partial charge in [-0.15, -0.1) is 0 Å². The number of halogens is 1. The van der Waals surface area contributed by atoms with Gasteiger partial charge in [-0.2, -0.15) is 5.10 Å². The smallest absolute Gasteiger partial charge is 0.137 e. The molecule has 0 amide bonds. The van der Waals surface area contributed by atoms with E-state index in [1.807, 2.05) is 49.4 Å². The minimum Gasteiger partial charge on any atom is -0.492 e. The molecule has 2 aromatic carbocycles. The van der Waals surface area contributed by atoms with E-state index in [0.29, 0.717) is 17.4 Å². The molecule has 2 rings (SSSR count). The number of hydrogen-bond acceptors (Lipinski definition) is 3. The summed E-state index contributed by atoms with van der Waals surface area (Å²) in [6.07, 6.45) is 1.72. The van der Waals surface area contributed by atoms with Gasteiger partial charge in [-0.05, 0) is 49.7 Å². The highest BCUT2D eigenvalue weighted by Gasteiger charge is 2.00. The number of ether oxygens (including phenoxy) is 1. The van der Waals surface area contributed by atoms with E-state index in [9.17, 15) is 0 Å². The van der Waals surface area contributed by atoms with Crippen molar-refractivity contribution < 1.29 is 4.74 Å². The third-order valence-electron chi connectivity index (χ3n) is 2.71. The number of hydrogen-bond donors (Lipinski definition) is 1. The van der Waals surface area contributed by atoms with Crippen molar-refractivity contribution in [2.45, 2.75) is 13.8 Å². The maximum atomic E-state index is 6.11. The summed E-state index contributed by atoms with van der Waals surface area (Å²) in [6, 6.07) is 13.6. The van der Waals surface area contributed by atoms with E-state index in [0.717, 1.165) is 11.3 Å². The first-order valence-corrected chi connectivity index (χ1v) is 6.85. The molecule has 0 unspecified atom stereocenters. The highest BCUT2D eigenvalue weighted by molar-refractivity contribution is 6.32. The van der Waals surface area contributed by atoms with Crippen LogP contribution in [0, 0.1) is 6.92 Å². The van der Waals surface area contributed by atoms with E-state index in [1.54, 1.807) is 6.21 Å². The molecule has 0 fully saturated rings. The Morgan fingerprint density at radius 1 is 1.20 bits per heavy atom. The fourth-order valence-electron chi connectivity index (χ4n) is 1.68. The Labute approximate surface area is 124 Å². The predicted octanol–water partition coefficient (Wildman–Crippen LogP) is 4.49. The number of nitrogens with one attached hydrogen (secondary N) is 1. The first-order chi connectivity index (χ1) is 9.69. The average Bonchev–Trinajstić information content (AvgIpc) is 2.44. The van der Waals surface area contributed by atoms with Crippen LogP contribution in [0.2, 0.25) is 5.02 Å². The minimum absolute atomic E-state index is 0.589. The molecule has 20 heavy (non-hydrogen) atoms. The second-order valence-electron chi connectivity index (χ2n) is 4.36. The molecule has 0 bridgehead atoms. The zero-order chi connectivity index (χ0) is 14.4. The molecular formula is C16H17ClN2O. The quantitative estimate of drug-likeness (QED) is 0.649. The maximum absolute atomic E-state index is 6.11. The first-order valence-electron chi connectivity index (χ1n) is 6.47. The molecule has 0 aliphatic heterocycles. The second-order valence-corrected chi connectivity index (χ2v) is 4.77. The van der Waals surface area contributed by atoms with Crippen LogP contribution >= 0.6 is 11.6 Å². The van der Waals surface area contributed by atoms with Crippen LogP contribution in [0.25, 0.3) is 0 Å². The fourth-order valence-corrected chi connectivity index (χ4v) is 1.92. The summed E-state index contributed by atoms with van der Waals surface area (Å²) in [7, 11) is 0. The van der Waals surface area contributed by atoms with Crippen molar-refractivity contribution in [1.29, 1.82) is 0 Å². The molecule has 0 aliphatic carbocycles. The van der Waals surface area contributed by atoms with Crippen molar-refractivity contribution in [2.24, 2.45) is 5.10 Å². The van der Waals surface area contributed by atoms with E-state index < -0.39 is 0 Å². The largest absolute Gasteiger partial charge is 0.492 e. The lowest BCUT2D eigenvalue weighted by Gasteiger charge is -2.05.